The summed E-state index contributed by atoms with van der Waals surface area (Å²) in [6, 6.07) is 19.9. The Morgan fingerprint density at radius 2 is 1.62 bits per heavy atom. The lowest BCUT2D eigenvalue weighted by Crippen LogP contribution is -2.52. The van der Waals surface area contributed by atoms with Crippen molar-refractivity contribution in [3.05, 3.63) is 65.7 Å². The molecule has 2 aromatic rings. The molecule has 2 fully saturated rings. The van der Waals surface area contributed by atoms with Crippen LogP contribution in [0.4, 0.5) is 5.69 Å². The van der Waals surface area contributed by atoms with Gasteiger partial charge in [-0.25, -0.2) is 0 Å². The molecule has 1 aliphatic heterocycles. The standard InChI is InChI=1S/C22H25NO/c1-16-11-13-18(14-12-16)23-20-10-6-5-9-19(20)22(24)15-21(23)17-7-3-2-4-8-17/h2-4,7-8,11-14,19-21H,5-6,9-10,15H2,1H3/t19-,20+,21-/m1/s1. The number of hydrogen-bond donors (Lipinski definition) is 0. The van der Waals surface area contributed by atoms with Crippen molar-refractivity contribution < 1.29 is 4.79 Å². The first-order valence-electron chi connectivity index (χ1n) is 9.17. The van der Waals surface area contributed by atoms with E-state index in [0.29, 0.717) is 18.2 Å². The van der Waals surface area contributed by atoms with Gasteiger partial charge in [0, 0.05) is 24.1 Å². The van der Waals surface area contributed by atoms with Crippen LogP contribution >= 0.6 is 0 Å². The summed E-state index contributed by atoms with van der Waals surface area (Å²) in [7, 11) is 0. The van der Waals surface area contributed by atoms with Gasteiger partial charge in [0.25, 0.3) is 0 Å². The van der Waals surface area contributed by atoms with E-state index in [1.165, 1.54) is 29.7 Å². The summed E-state index contributed by atoms with van der Waals surface area (Å²) in [5.41, 5.74) is 3.80. The van der Waals surface area contributed by atoms with Gasteiger partial charge in [-0.2, -0.15) is 0 Å². The largest absolute Gasteiger partial charge is 0.360 e. The Morgan fingerprint density at radius 1 is 0.917 bits per heavy atom. The zero-order chi connectivity index (χ0) is 16.5. The molecule has 124 valence electrons. The average molecular weight is 319 g/mol. The molecule has 1 aliphatic carbocycles. The van der Waals surface area contributed by atoms with E-state index in [1.807, 2.05) is 6.07 Å². The zero-order valence-corrected chi connectivity index (χ0v) is 14.3. The molecule has 0 radical (unpaired) electrons. The highest BCUT2D eigenvalue weighted by molar-refractivity contribution is 5.85. The molecule has 24 heavy (non-hydrogen) atoms. The first-order chi connectivity index (χ1) is 11.7. The van der Waals surface area contributed by atoms with Gasteiger partial charge in [-0.05, 0) is 37.5 Å². The fourth-order valence-corrected chi connectivity index (χ4v) is 4.53. The van der Waals surface area contributed by atoms with Crippen molar-refractivity contribution in [1.29, 1.82) is 0 Å². The molecule has 0 aromatic heterocycles. The van der Waals surface area contributed by atoms with Crippen LogP contribution in [0, 0.1) is 12.8 Å². The lowest BCUT2D eigenvalue weighted by molar-refractivity contribution is -0.126. The molecule has 0 amide bonds. The quantitative estimate of drug-likeness (QED) is 0.770. The molecule has 1 saturated carbocycles. The SMILES string of the molecule is Cc1ccc(N2[C@@H](c3ccccc3)CC(=O)[C@@H]3CCCC[C@@H]32)cc1. The van der Waals surface area contributed by atoms with Crippen molar-refractivity contribution in [2.45, 2.75) is 51.1 Å². The van der Waals surface area contributed by atoms with Gasteiger partial charge < -0.3 is 4.90 Å². The summed E-state index contributed by atoms with van der Waals surface area (Å²) in [6.07, 6.45) is 5.27. The first-order valence-corrected chi connectivity index (χ1v) is 9.17. The van der Waals surface area contributed by atoms with Crippen LogP contribution in [-0.4, -0.2) is 11.8 Å². The third kappa shape index (κ3) is 2.75. The fraction of sp³-hybridized carbons (Fsp3) is 0.409. The first kappa shape index (κ1) is 15.4. The van der Waals surface area contributed by atoms with Crippen LogP contribution in [0.2, 0.25) is 0 Å². The van der Waals surface area contributed by atoms with Crippen molar-refractivity contribution >= 4 is 11.5 Å². The summed E-state index contributed by atoms with van der Waals surface area (Å²) in [4.78, 5) is 15.4. The number of benzene rings is 2. The molecule has 0 N–H and O–H groups in total. The van der Waals surface area contributed by atoms with E-state index >= 15 is 0 Å². The summed E-state index contributed by atoms with van der Waals surface area (Å²) in [5, 5.41) is 0. The van der Waals surface area contributed by atoms with E-state index in [-0.39, 0.29) is 12.0 Å². The van der Waals surface area contributed by atoms with Crippen LogP contribution in [0.5, 0.6) is 0 Å². The predicted molar refractivity (Wildman–Crippen MR) is 98.2 cm³/mol. The summed E-state index contributed by atoms with van der Waals surface area (Å²) in [6.45, 7) is 2.13. The zero-order valence-electron chi connectivity index (χ0n) is 14.3. The number of Topliss-reactive ketones (excluding diaryl/α,β-unsaturated/α-hetero) is 1. The molecular formula is C22H25NO. The van der Waals surface area contributed by atoms with E-state index in [4.69, 9.17) is 0 Å². The number of aryl methyl sites for hydroxylation is 1. The number of nitrogens with zero attached hydrogens (tertiary/aromatic N) is 1. The number of carbonyl (C=O) groups is 1. The molecule has 1 heterocycles. The Kier molecular flexibility index (Phi) is 4.13. The lowest BCUT2D eigenvalue weighted by Gasteiger charge is -2.49. The molecule has 3 atom stereocenters. The van der Waals surface area contributed by atoms with Gasteiger partial charge in [-0.15, -0.1) is 0 Å². The van der Waals surface area contributed by atoms with Gasteiger partial charge in [0.2, 0.25) is 0 Å². The number of carbonyl (C=O) groups excluding carboxylic acids is 1. The lowest BCUT2D eigenvalue weighted by atomic mass is 9.74. The molecule has 0 unspecified atom stereocenters. The number of fused-ring (bicyclic) bond motifs is 1. The highest BCUT2D eigenvalue weighted by atomic mass is 16.1. The fourth-order valence-electron chi connectivity index (χ4n) is 4.53. The molecule has 1 saturated heterocycles. The minimum atomic E-state index is 0.167. The number of rotatable bonds is 2. The predicted octanol–water partition coefficient (Wildman–Crippen LogP) is 5.07. The van der Waals surface area contributed by atoms with Gasteiger partial charge in [0.15, 0.2) is 0 Å². The van der Waals surface area contributed by atoms with E-state index < -0.39 is 0 Å². The summed E-state index contributed by atoms with van der Waals surface area (Å²) >= 11 is 0. The Morgan fingerprint density at radius 3 is 2.38 bits per heavy atom. The van der Waals surface area contributed by atoms with E-state index in [0.717, 1.165) is 12.8 Å². The van der Waals surface area contributed by atoms with Gasteiger partial charge in [-0.3, -0.25) is 4.79 Å². The molecule has 4 rings (SSSR count). The summed E-state index contributed by atoms with van der Waals surface area (Å²) in [5.74, 6) is 0.692. The van der Waals surface area contributed by atoms with Gasteiger partial charge in [-0.1, -0.05) is 60.9 Å². The normalized spacial score (nSPS) is 27.0. The van der Waals surface area contributed by atoms with E-state index in [2.05, 4.69) is 60.4 Å². The third-order valence-corrected chi connectivity index (χ3v) is 5.75. The second-order valence-electron chi connectivity index (χ2n) is 7.30. The number of ketones is 1. The molecular weight excluding hydrogens is 294 g/mol. The van der Waals surface area contributed by atoms with Crippen LogP contribution in [0.25, 0.3) is 0 Å². The molecule has 0 bridgehead atoms. The minimum absolute atomic E-state index is 0.167. The number of anilines is 1. The number of piperidine rings is 1. The maximum atomic E-state index is 12.8. The van der Waals surface area contributed by atoms with Gasteiger partial charge >= 0.3 is 0 Å². The van der Waals surface area contributed by atoms with Crippen LogP contribution in [0.3, 0.4) is 0 Å². The molecule has 0 spiro atoms. The van der Waals surface area contributed by atoms with E-state index in [1.54, 1.807) is 0 Å². The van der Waals surface area contributed by atoms with Crippen molar-refractivity contribution in [2.75, 3.05) is 4.90 Å². The molecule has 2 heteroatoms. The Bertz CT molecular complexity index is 707. The Balaban J connectivity index is 1.78. The van der Waals surface area contributed by atoms with Crippen molar-refractivity contribution in [2.24, 2.45) is 5.92 Å². The van der Waals surface area contributed by atoms with Gasteiger partial charge in [0.05, 0.1) is 6.04 Å². The Labute approximate surface area is 144 Å². The van der Waals surface area contributed by atoms with E-state index in [9.17, 15) is 4.79 Å². The minimum Gasteiger partial charge on any atom is -0.360 e. The second kappa shape index (κ2) is 6.43. The van der Waals surface area contributed by atoms with Crippen LogP contribution < -0.4 is 4.90 Å². The van der Waals surface area contributed by atoms with Crippen LogP contribution in [0.1, 0.15) is 49.3 Å². The topological polar surface area (TPSA) is 20.3 Å². The average Bonchev–Trinajstić information content (AvgIpc) is 2.63. The van der Waals surface area contributed by atoms with Crippen molar-refractivity contribution in [1.82, 2.24) is 0 Å². The van der Waals surface area contributed by atoms with Gasteiger partial charge in [0.1, 0.15) is 5.78 Å². The highest BCUT2D eigenvalue weighted by Gasteiger charge is 2.43. The highest BCUT2D eigenvalue weighted by Crippen LogP contribution is 2.44. The van der Waals surface area contributed by atoms with Crippen molar-refractivity contribution in [3.63, 3.8) is 0 Å². The monoisotopic (exact) mass is 319 g/mol. The van der Waals surface area contributed by atoms with Crippen LogP contribution in [0.15, 0.2) is 54.6 Å². The molecule has 2 aromatic carbocycles. The third-order valence-electron chi connectivity index (χ3n) is 5.75. The maximum absolute atomic E-state index is 12.8. The smallest absolute Gasteiger partial charge is 0.140 e. The molecule has 2 nitrogen and oxygen atoms in total. The second-order valence-corrected chi connectivity index (χ2v) is 7.30. The van der Waals surface area contributed by atoms with Crippen molar-refractivity contribution in [3.8, 4) is 0 Å². The molecule has 2 aliphatic rings. The Hall–Kier alpha value is -2.09. The van der Waals surface area contributed by atoms with Crippen LogP contribution in [-0.2, 0) is 4.79 Å². The maximum Gasteiger partial charge on any atom is 0.140 e. The number of hydrogen-bond acceptors (Lipinski definition) is 2. The summed E-state index contributed by atoms with van der Waals surface area (Å²) < 4.78 is 0.